The Morgan fingerprint density at radius 2 is 2.00 bits per heavy atom. The lowest BCUT2D eigenvalue weighted by atomic mass is 9.78. The smallest absolute Gasteiger partial charge is 0.0108 e. The summed E-state index contributed by atoms with van der Waals surface area (Å²) in [6.07, 6.45) is 9.79. The third kappa shape index (κ3) is 4.73. The molecule has 118 valence electrons. The second-order valence-electron chi connectivity index (χ2n) is 7.41. The van der Waals surface area contributed by atoms with Gasteiger partial charge in [-0.1, -0.05) is 27.2 Å². The minimum atomic E-state index is 0.785. The molecule has 4 atom stereocenters. The summed E-state index contributed by atoms with van der Waals surface area (Å²) >= 11 is 0. The lowest BCUT2D eigenvalue weighted by Crippen LogP contribution is -2.47. The maximum absolute atomic E-state index is 3.83. The monoisotopic (exact) mass is 280 g/mol. The molecule has 2 fully saturated rings. The molecule has 0 aromatic rings. The molecule has 1 saturated heterocycles. The minimum absolute atomic E-state index is 0.785. The van der Waals surface area contributed by atoms with Gasteiger partial charge in [-0.25, -0.2) is 0 Å². The van der Waals surface area contributed by atoms with Gasteiger partial charge in [0.25, 0.3) is 0 Å². The molecule has 2 nitrogen and oxygen atoms in total. The largest absolute Gasteiger partial charge is 0.314 e. The molecular weight excluding hydrogens is 244 g/mol. The van der Waals surface area contributed by atoms with Gasteiger partial charge in [0.2, 0.25) is 0 Å². The Morgan fingerprint density at radius 1 is 1.15 bits per heavy atom. The van der Waals surface area contributed by atoms with Gasteiger partial charge in [-0.2, -0.15) is 0 Å². The van der Waals surface area contributed by atoms with Crippen molar-refractivity contribution in [1.29, 1.82) is 0 Å². The van der Waals surface area contributed by atoms with Crippen LogP contribution in [0.25, 0.3) is 0 Å². The molecule has 20 heavy (non-hydrogen) atoms. The molecule has 1 N–H and O–H groups in total. The van der Waals surface area contributed by atoms with E-state index < -0.39 is 0 Å². The Hall–Kier alpha value is -0.0800. The van der Waals surface area contributed by atoms with Crippen LogP contribution in [-0.4, -0.2) is 37.1 Å². The summed E-state index contributed by atoms with van der Waals surface area (Å²) in [6, 6.07) is 0.785. The highest BCUT2D eigenvalue weighted by Crippen LogP contribution is 2.31. The van der Waals surface area contributed by atoms with Crippen LogP contribution in [0.15, 0.2) is 0 Å². The van der Waals surface area contributed by atoms with Crippen LogP contribution in [0, 0.1) is 17.8 Å². The van der Waals surface area contributed by atoms with Gasteiger partial charge in [0.15, 0.2) is 0 Å². The zero-order valence-corrected chi connectivity index (χ0v) is 14.0. The third-order valence-corrected chi connectivity index (χ3v) is 5.57. The Morgan fingerprint density at radius 3 is 2.75 bits per heavy atom. The molecule has 2 aliphatic rings. The van der Waals surface area contributed by atoms with E-state index in [1.54, 1.807) is 0 Å². The number of nitrogens with zero attached hydrogens (tertiary/aromatic N) is 1. The highest BCUT2D eigenvalue weighted by atomic mass is 15.1. The zero-order valence-electron chi connectivity index (χ0n) is 14.0. The Bertz CT molecular complexity index is 264. The predicted octanol–water partition coefficient (Wildman–Crippen LogP) is 3.91. The zero-order chi connectivity index (χ0) is 14.4. The molecule has 0 bridgehead atoms. The Labute approximate surface area is 126 Å². The first-order valence-corrected chi connectivity index (χ1v) is 9.18. The van der Waals surface area contributed by atoms with E-state index in [2.05, 4.69) is 31.0 Å². The van der Waals surface area contributed by atoms with Gasteiger partial charge < -0.3 is 10.2 Å². The van der Waals surface area contributed by atoms with E-state index in [1.165, 1.54) is 71.1 Å². The molecule has 0 spiro atoms. The normalized spacial score (nSPS) is 36.1. The fourth-order valence-electron chi connectivity index (χ4n) is 4.28. The molecule has 0 aromatic heterocycles. The number of likely N-dealkylation sites (tertiary alicyclic amines) is 1. The predicted molar refractivity (Wildman–Crippen MR) is 88.0 cm³/mol. The molecule has 1 aliphatic carbocycles. The highest BCUT2D eigenvalue weighted by Gasteiger charge is 2.30. The van der Waals surface area contributed by atoms with E-state index in [0.29, 0.717) is 0 Å². The number of hydrogen-bond acceptors (Lipinski definition) is 2. The molecule has 1 aliphatic heterocycles. The minimum Gasteiger partial charge on any atom is -0.314 e. The van der Waals surface area contributed by atoms with Crippen molar-refractivity contribution in [2.45, 2.75) is 71.8 Å². The fraction of sp³-hybridized carbons (Fsp3) is 1.00. The molecule has 1 saturated carbocycles. The number of nitrogens with one attached hydrogen (secondary N) is 1. The fourth-order valence-corrected chi connectivity index (χ4v) is 4.28. The summed E-state index contributed by atoms with van der Waals surface area (Å²) in [4.78, 5) is 2.78. The molecule has 1 heterocycles. The average Bonchev–Trinajstić information content (AvgIpc) is 2.47. The van der Waals surface area contributed by atoms with Crippen LogP contribution in [0.1, 0.15) is 65.7 Å². The second kappa shape index (κ2) is 8.38. The van der Waals surface area contributed by atoms with Crippen molar-refractivity contribution >= 4 is 0 Å². The van der Waals surface area contributed by atoms with E-state index in [1.807, 2.05) is 0 Å². The van der Waals surface area contributed by atoms with Crippen LogP contribution in [0.3, 0.4) is 0 Å². The molecule has 4 unspecified atom stereocenters. The number of hydrogen-bond donors (Lipinski definition) is 1. The van der Waals surface area contributed by atoms with Gasteiger partial charge in [-0.15, -0.1) is 0 Å². The van der Waals surface area contributed by atoms with E-state index in [0.717, 1.165) is 23.8 Å². The maximum Gasteiger partial charge on any atom is 0.0108 e. The first-order valence-electron chi connectivity index (χ1n) is 9.18. The molecule has 0 radical (unpaired) electrons. The van der Waals surface area contributed by atoms with Crippen LogP contribution in [-0.2, 0) is 0 Å². The van der Waals surface area contributed by atoms with E-state index in [9.17, 15) is 0 Å². The molecule has 0 aromatic carbocycles. The maximum atomic E-state index is 3.83. The number of rotatable bonds is 6. The SMILES string of the molecule is CCCNC1CCC(C)CC1CN1CCCC(CC)C1. The molecular formula is C18H36N2. The van der Waals surface area contributed by atoms with Gasteiger partial charge in [0, 0.05) is 19.1 Å². The average molecular weight is 280 g/mol. The van der Waals surface area contributed by atoms with E-state index in [-0.39, 0.29) is 0 Å². The van der Waals surface area contributed by atoms with Crippen LogP contribution >= 0.6 is 0 Å². The lowest BCUT2D eigenvalue weighted by Gasteiger charge is -2.41. The van der Waals surface area contributed by atoms with Crippen molar-refractivity contribution in [1.82, 2.24) is 10.2 Å². The topological polar surface area (TPSA) is 15.3 Å². The Kier molecular flexibility index (Phi) is 6.83. The first-order chi connectivity index (χ1) is 9.72. The van der Waals surface area contributed by atoms with Gasteiger partial charge >= 0.3 is 0 Å². The standard InChI is InChI=1S/C18H36N2/c1-4-10-19-18-9-8-15(3)12-17(18)14-20-11-6-7-16(5-2)13-20/h15-19H,4-14H2,1-3H3. The van der Waals surface area contributed by atoms with Crippen LogP contribution in [0.5, 0.6) is 0 Å². The van der Waals surface area contributed by atoms with Gasteiger partial charge in [-0.3, -0.25) is 0 Å². The molecule has 2 heteroatoms. The van der Waals surface area contributed by atoms with Crippen molar-refractivity contribution in [3.8, 4) is 0 Å². The van der Waals surface area contributed by atoms with Crippen molar-refractivity contribution < 1.29 is 0 Å². The van der Waals surface area contributed by atoms with Crippen LogP contribution < -0.4 is 5.32 Å². The molecule has 0 amide bonds. The van der Waals surface area contributed by atoms with Gasteiger partial charge in [-0.05, 0) is 69.4 Å². The van der Waals surface area contributed by atoms with Gasteiger partial charge in [0.1, 0.15) is 0 Å². The quantitative estimate of drug-likeness (QED) is 0.793. The van der Waals surface area contributed by atoms with Crippen LogP contribution in [0.4, 0.5) is 0 Å². The highest BCUT2D eigenvalue weighted by molar-refractivity contribution is 4.86. The summed E-state index contributed by atoms with van der Waals surface area (Å²) in [5.74, 6) is 2.79. The summed E-state index contributed by atoms with van der Waals surface area (Å²) < 4.78 is 0. The summed E-state index contributed by atoms with van der Waals surface area (Å²) in [5.41, 5.74) is 0. The summed E-state index contributed by atoms with van der Waals surface area (Å²) in [6.45, 7) is 12.4. The third-order valence-electron chi connectivity index (χ3n) is 5.57. The van der Waals surface area contributed by atoms with E-state index >= 15 is 0 Å². The van der Waals surface area contributed by atoms with Crippen molar-refractivity contribution in [2.75, 3.05) is 26.2 Å². The Balaban J connectivity index is 1.86. The lowest BCUT2D eigenvalue weighted by molar-refractivity contribution is 0.107. The first kappa shape index (κ1) is 16.3. The number of piperidine rings is 1. The van der Waals surface area contributed by atoms with Crippen molar-refractivity contribution in [3.63, 3.8) is 0 Å². The van der Waals surface area contributed by atoms with Crippen LogP contribution in [0.2, 0.25) is 0 Å². The van der Waals surface area contributed by atoms with Crippen molar-refractivity contribution in [3.05, 3.63) is 0 Å². The van der Waals surface area contributed by atoms with Crippen molar-refractivity contribution in [2.24, 2.45) is 17.8 Å². The summed E-state index contributed by atoms with van der Waals surface area (Å²) in [7, 11) is 0. The molecule has 2 rings (SSSR count). The second-order valence-corrected chi connectivity index (χ2v) is 7.41. The van der Waals surface area contributed by atoms with E-state index in [4.69, 9.17) is 0 Å². The summed E-state index contributed by atoms with van der Waals surface area (Å²) in [5, 5.41) is 3.83. The van der Waals surface area contributed by atoms with Gasteiger partial charge in [0.05, 0.1) is 0 Å².